The van der Waals surface area contributed by atoms with Crippen molar-refractivity contribution in [1.29, 1.82) is 0 Å². The van der Waals surface area contributed by atoms with Gasteiger partial charge >= 0.3 is 29.2 Å². The lowest BCUT2D eigenvalue weighted by Crippen LogP contribution is -2.49. The van der Waals surface area contributed by atoms with Gasteiger partial charge in [0, 0.05) is 11.8 Å². The average Bonchev–Trinajstić information content (AvgIpc) is 2.83. The molecule has 5 unspecified atom stereocenters. The van der Waals surface area contributed by atoms with E-state index >= 15 is 0 Å². The summed E-state index contributed by atoms with van der Waals surface area (Å²) in [6.07, 6.45) is -7.27. The Bertz CT molecular complexity index is 1260. The lowest BCUT2D eigenvalue weighted by atomic mass is 9.92. The predicted octanol–water partition coefficient (Wildman–Crippen LogP) is -1.41. The van der Waals surface area contributed by atoms with Crippen LogP contribution in [0.1, 0.15) is 25.8 Å². The first-order chi connectivity index (χ1) is 15.3. The number of aromatic amines is 1. The standard InChI is InChI=1S/C14H21N2O15P3/c1-4-5-14(20)11(18)10(28-12(14)16-7(2)6-9(17)15-13(16)19)8(3)29-33(24,25)31-34(26,27)30-32(21,22)23/h6,8,10-12,18,20H,1-3H3,(H,24,25)(H,26,27)(H,15,17,19)(H2,21,22,23)/t8?,10-,11?,12-,14?/m1/s1. The Labute approximate surface area is 190 Å². The molecule has 1 aromatic rings. The number of hydrogen-bond acceptors (Lipinski definition) is 11. The molecule has 1 saturated heterocycles. The molecule has 7 atom stereocenters. The van der Waals surface area contributed by atoms with Crippen LogP contribution in [0.15, 0.2) is 15.7 Å². The Hall–Kier alpha value is -1.47. The van der Waals surface area contributed by atoms with Gasteiger partial charge in [0.05, 0.1) is 6.10 Å². The van der Waals surface area contributed by atoms with Crippen molar-refractivity contribution in [3.05, 3.63) is 32.6 Å². The second kappa shape index (κ2) is 9.88. The van der Waals surface area contributed by atoms with E-state index in [-0.39, 0.29) is 5.69 Å². The van der Waals surface area contributed by atoms with Crippen LogP contribution in [0.5, 0.6) is 0 Å². The Morgan fingerprint density at radius 3 is 2.26 bits per heavy atom. The smallest absolute Gasteiger partial charge is 0.386 e. The quantitative estimate of drug-likeness (QED) is 0.145. The van der Waals surface area contributed by atoms with Gasteiger partial charge in [0.15, 0.2) is 11.8 Å². The van der Waals surface area contributed by atoms with Crippen LogP contribution in [0, 0.1) is 18.8 Å². The third-order valence-electron chi connectivity index (χ3n) is 4.33. The molecule has 20 heteroatoms. The molecular formula is C14H21N2O15P3. The Morgan fingerprint density at radius 1 is 1.18 bits per heavy atom. The van der Waals surface area contributed by atoms with Gasteiger partial charge in [-0.25, -0.2) is 18.5 Å². The van der Waals surface area contributed by atoms with Crippen LogP contribution in [0.4, 0.5) is 0 Å². The van der Waals surface area contributed by atoms with Crippen LogP contribution in [0.2, 0.25) is 0 Å². The molecule has 0 amide bonds. The fourth-order valence-corrected chi connectivity index (χ4v) is 6.37. The zero-order valence-corrected chi connectivity index (χ0v) is 20.2. The summed E-state index contributed by atoms with van der Waals surface area (Å²) in [5.41, 5.74) is -4.33. The van der Waals surface area contributed by atoms with Crippen molar-refractivity contribution in [1.82, 2.24) is 9.55 Å². The van der Waals surface area contributed by atoms with Gasteiger partial charge in [0.1, 0.15) is 12.2 Å². The zero-order valence-electron chi connectivity index (χ0n) is 17.5. The monoisotopic (exact) mass is 550 g/mol. The number of aliphatic hydroxyl groups excluding tert-OH is 1. The number of rotatable bonds is 8. The average molecular weight is 550 g/mol. The molecule has 0 bridgehead atoms. The molecule has 34 heavy (non-hydrogen) atoms. The van der Waals surface area contributed by atoms with Crippen molar-refractivity contribution >= 4 is 23.5 Å². The van der Waals surface area contributed by atoms with Gasteiger partial charge in [0.2, 0.25) is 0 Å². The lowest BCUT2D eigenvalue weighted by molar-refractivity contribution is -0.0878. The van der Waals surface area contributed by atoms with Gasteiger partial charge in [-0.1, -0.05) is 5.92 Å². The van der Waals surface area contributed by atoms with Crippen molar-refractivity contribution in [2.45, 2.75) is 50.9 Å². The van der Waals surface area contributed by atoms with Gasteiger partial charge in [0.25, 0.3) is 5.56 Å². The lowest BCUT2D eigenvalue weighted by Gasteiger charge is -2.28. The van der Waals surface area contributed by atoms with E-state index in [2.05, 4.69) is 25.0 Å². The van der Waals surface area contributed by atoms with Gasteiger partial charge in [-0.2, -0.15) is 8.62 Å². The van der Waals surface area contributed by atoms with E-state index < -0.39 is 64.9 Å². The molecule has 0 aliphatic carbocycles. The normalized spacial score (nSPS) is 29.5. The Balaban J connectivity index is 2.37. The molecular weight excluding hydrogens is 529 g/mol. The molecule has 1 aliphatic rings. The van der Waals surface area contributed by atoms with Crippen LogP contribution in [0.25, 0.3) is 0 Å². The number of H-pyrrole nitrogens is 1. The molecule has 0 radical (unpaired) electrons. The van der Waals surface area contributed by atoms with Crippen molar-refractivity contribution in [2.24, 2.45) is 0 Å². The number of nitrogens with one attached hydrogen (secondary N) is 1. The molecule has 0 aromatic carbocycles. The first-order valence-electron chi connectivity index (χ1n) is 8.96. The minimum absolute atomic E-state index is 0.0107. The molecule has 7 N–H and O–H groups in total. The molecule has 2 rings (SSSR count). The third-order valence-corrected chi connectivity index (χ3v) is 8.26. The van der Waals surface area contributed by atoms with Gasteiger partial charge in [-0.05, 0) is 20.8 Å². The van der Waals surface area contributed by atoms with Crippen LogP contribution < -0.4 is 11.2 Å². The summed E-state index contributed by atoms with van der Waals surface area (Å²) >= 11 is 0. The van der Waals surface area contributed by atoms with Crippen molar-refractivity contribution in [2.75, 3.05) is 0 Å². The summed E-state index contributed by atoms with van der Waals surface area (Å²) in [7, 11) is -17.0. The minimum Gasteiger partial charge on any atom is -0.386 e. The summed E-state index contributed by atoms with van der Waals surface area (Å²) in [4.78, 5) is 61.9. The fraction of sp³-hybridized carbons (Fsp3) is 0.571. The number of phosphoric acid groups is 3. The largest absolute Gasteiger partial charge is 0.490 e. The number of ether oxygens (including phenoxy) is 1. The Kier molecular flexibility index (Phi) is 8.36. The van der Waals surface area contributed by atoms with Gasteiger partial charge < -0.3 is 34.5 Å². The Morgan fingerprint density at radius 2 is 1.76 bits per heavy atom. The number of phosphoric ester groups is 1. The van der Waals surface area contributed by atoms with Crippen molar-refractivity contribution in [3.63, 3.8) is 0 Å². The first-order valence-corrected chi connectivity index (χ1v) is 13.5. The number of nitrogens with zero attached hydrogens (tertiary/aromatic N) is 1. The van der Waals surface area contributed by atoms with Crippen LogP contribution in [-0.4, -0.2) is 63.3 Å². The molecule has 17 nitrogen and oxygen atoms in total. The summed E-state index contributed by atoms with van der Waals surface area (Å²) in [6, 6.07) is 0.986. The first kappa shape index (κ1) is 28.8. The van der Waals surface area contributed by atoms with Crippen LogP contribution >= 0.6 is 23.5 Å². The number of hydrogen-bond donors (Lipinski definition) is 7. The van der Waals surface area contributed by atoms with E-state index in [1.807, 2.05) is 4.98 Å². The number of aliphatic hydroxyl groups is 2. The van der Waals surface area contributed by atoms with Crippen molar-refractivity contribution in [3.8, 4) is 11.8 Å². The SMILES string of the molecule is CC#CC1(O)C(O)[C@@H](C(C)OP(=O)(O)OP(=O)(O)OP(=O)(O)O)O[C@H]1n1c(C)cc(=O)[nH]c1=O. The molecule has 192 valence electrons. The molecule has 1 aliphatic heterocycles. The van der Waals surface area contributed by atoms with Gasteiger partial charge in [-0.3, -0.25) is 18.9 Å². The highest BCUT2D eigenvalue weighted by molar-refractivity contribution is 7.66. The van der Waals surface area contributed by atoms with E-state index in [4.69, 9.17) is 14.5 Å². The number of aromatic nitrogens is 2. The second-order valence-corrected chi connectivity index (χ2v) is 11.3. The molecule has 1 fully saturated rings. The summed E-state index contributed by atoms with van der Waals surface area (Å²) in [5.74, 6) is 4.60. The minimum atomic E-state index is -5.81. The molecule has 0 spiro atoms. The summed E-state index contributed by atoms with van der Waals surface area (Å²) in [6.45, 7) is 3.60. The summed E-state index contributed by atoms with van der Waals surface area (Å²) < 4.78 is 52.4. The van der Waals surface area contributed by atoms with E-state index in [1.54, 1.807) is 0 Å². The maximum atomic E-state index is 12.3. The molecule has 1 aromatic heterocycles. The van der Waals surface area contributed by atoms with Crippen LogP contribution in [-0.2, 0) is 31.6 Å². The highest BCUT2D eigenvalue weighted by Gasteiger charge is 2.58. The fourth-order valence-electron chi connectivity index (χ4n) is 3.17. The maximum Gasteiger partial charge on any atom is 0.490 e. The predicted molar refractivity (Wildman–Crippen MR) is 109 cm³/mol. The zero-order chi connectivity index (χ0) is 26.3. The van der Waals surface area contributed by atoms with Crippen LogP contribution in [0.3, 0.4) is 0 Å². The summed E-state index contributed by atoms with van der Waals surface area (Å²) in [5, 5.41) is 21.7. The maximum absolute atomic E-state index is 12.3. The molecule has 2 heterocycles. The van der Waals surface area contributed by atoms with E-state index in [0.29, 0.717) is 0 Å². The van der Waals surface area contributed by atoms with E-state index in [9.17, 15) is 43.3 Å². The topological polar surface area (TPSA) is 264 Å². The van der Waals surface area contributed by atoms with Crippen molar-refractivity contribution < 1.29 is 61.4 Å². The second-order valence-electron chi connectivity index (χ2n) is 6.95. The highest BCUT2D eigenvalue weighted by Crippen LogP contribution is 2.66. The van der Waals surface area contributed by atoms with Gasteiger partial charge in [-0.15, -0.1) is 5.92 Å². The highest BCUT2D eigenvalue weighted by atomic mass is 31.3. The number of aryl methyl sites for hydroxylation is 1. The van der Waals surface area contributed by atoms with E-state index in [0.717, 1.165) is 17.6 Å². The molecule has 0 saturated carbocycles. The van der Waals surface area contributed by atoms with E-state index in [1.165, 1.54) is 13.8 Å². The third kappa shape index (κ3) is 6.60.